The number of carbonyl (C=O) groups excluding carboxylic acids is 1. The van der Waals surface area contributed by atoms with Crippen LogP contribution >= 0.6 is 23.2 Å². The Morgan fingerprint density at radius 2 is 1.84 bits per heavy atom. The van der Waals surface area contributed by atoms with Crippen molar-refractivity contribution in [1.29, 1.82) is 0 Å². The first-order chi connectivity index (χ1) is 8.97. The van der Waals surface area contributed by atoms with Crippen molar-refractivity contribution in [3.63, 3.8) is 0 Å². The standard InChI is InChI=1S/C13H11Cl2NO3/c1-2-3-4-5-10(17)16-12-9(15)7-6-8(14)11(12)13(18)19/h2-7H,1H3,(H,16,17)(H,18,19). The van der Waals surface area contributed by atoms with Gasteiger partial charge in [0.1, 0.15) is 5.56 Å². The zero-order valence-corrected chi connectivity index (χ0v) is 11.5. The van der Waals surface area contributed by atoms with Crippen LogP contribution in [0.15, 0.2) is 36.4 Å². The fourth-order valence-electron chi connectivity index (χ4n) is 1.30. The molecule has 0 aromatic heterocycles. The van der Waals surface area contributed by atoms with Gasteiger partial charge in [0.15, 0.2) is 0 Å². The zero-order chi connectivity index (χ0) is 14.4. The molecule has 0 saturated heterocycles. The number of rotatable bonds is 4. The van der Waals surface area contributed by atoms with E-state index in [1.54, 1.807) is 19.1 Å². The predicted octanol–water partition coefficient (Wildman–Crippen LogP) is 3.76. The van der Waals surface area contributed by atoms with E-state index >= 15 is 0 Å². The molecule has 19 heavy (non-hydrogen) atoms. The fraction of sp³-hybridized carbons (Fsp3) is 0.0769. The maximum absolute atomic E-state index is 11.6. The molecule has 2 N–H and O–H groups in total. The molecule has 1 amide bonds. The van der Waals surface area contributed by atoms with Crippen molar-refractivity contribution in [2.45, 2.75) is 6.92 Å². The second-order valence-electron chi connectivity index (χ2n) is 3.46. The average Bonchev–Trinajstić information content (AvgIpc) is 2.34. The molecular weight excluding hydrogens is 289 g/mol. The first-order valence-corrected chi connectivity index (χ1v) is 6.04. The smallest absolute Gasteiger partial charge is 0.339 e. The molecule has 6 heteroatoms. The highest BCUT2D eigenvalue weighted by Gasteiger charge is 2.18. The predicted molar refractivity (Wildman–Crippen MR) is 76.0 cm³/mol. The number of allylic oxidation sites excluding steroid dienone is 3. The molecule has 0 spiro atoms. The third-order valence-corrected chi connectivity index (χ3v) is 2.75. The fourth-order valence-corrected chi connectivity index (χ4v) is 1.75. The van der Waals surface area contributed by atoms with Gasteiger partial charge in [-0.15, -0.1) is 0 Å². The highest BCUT2D eigenvalue weighted by atomic mass is 35.5. The summed E-state index contributed by atoms with van der Waals surface area (Å²) in [6, 6.07) is 2.78. The molecule has 1 aromatic carbocycles. The lowest BCUT2D eigenvalue weighted by Crippen LogP contribution is -2.13. The number of nitrogens with one attached hydrogen (secondary N) is 1. The molecule has 0 bridgehead atoms. The van der Waals surface area contributed by atoms with Crippen LogP contribution in [0.4, 0.5) is 5.69 Å². The van der Waals surface area contributed by atoms with Gasteiger partial charge in [-0.3, -0.25) is 4.79 Å². The molecular formula is C13H11Cl2NO3. The van der Waals surface area contributed by atoms with E-state index in [2.05, 4.69) is 5.32 Å². The van der Waals surface area contributed by atoms with E-state index in [-0.39, 0.29) is 21.3 Å². The Morgan fingerprint density at radius 3 is 2.42 bits per heavy atom. The van der Waals surface area contributed by atoms with Crippen molar-refractivity contribution < 1.29 is 14.7 Å². The van der Waals surface area contributed by atoms with Gasteiger partial charge in [-0.25, -0.2) is 4.79 Å². The lowest BCUT2D eigenvalue weighted by molar-refractivity contribution is -0.111. The van der Waals surface area contributed by atoms with Crippen LogP contribution in [0.5, 0.6) is 0 Å². The second kappa shape index (κ2) is 6.97. The number of carbonyl (C=O) groups is 2. The number of aromatic carboxylic acids is 1. The molecule has 0 aliphatic rings. The number of hydrogen-bond acceptors (Lipinski definition) is 2. The summed E-state index contributed by atoms with van der Waals surface area (Å²) < 4.78 is 0. The molecule has 100 valence electrons. The van der Waals surface area contributed by atoms with Gasteiger partial charge < -0.3 is 10.4 Å². The van der Waals surface area contributed by atoms with Gasteiger partial charge >= 0.3 is 5.97 Å². The minimum atomic E-state index is -1.26. The van der Waals surface area contributed by atoms with Crippen LogP contribution in [-0.2, 0) is 4.79 Å². The maximum Gasteiger partial charge on any atom is 0.339 e. The van der Waals surface area contributed by atoms with E-state index in [1.807, 2.05) is 0 Å². The Hall–Kier alpha value is -1.78. The van der Waals surface area contributed by atoms with Crippen LogP contribution in [0, 0.1) is 0 Å². The molecule has 1 aromatic rings. The van der Waals surface area contributed by atoms with Crippen LogP contribution in [0.3, 0.4) is 0 Å². The molecule has 1 rings (SSSR count). The molecule has 0 unspecified atom stereocenters. The normalized spacial score (nSPS) is 11.1. The molecule has 0 heterocycles. The third-order valence-electron chi connectivity index (χ3n) is 2.12. The number of hydrogen-bond donors (Lipinski definition) is 2. The van der Waals surface area contributed by atoms with Gasteiger partial charge in [0.05, 0.1) is 15.7 Å². The van der Waals surface area contributed by atoms with Crippen molar-refractivity contribution in [3.8, 4) is 0 Å². The van der Waals surface area contributed by atoms with Crippen LogP contribution in [0.1, 0.15) is 17.3 Å². The van der Waals surface area contributed by atoms with Gasteiger partial charge in [-0.2, -0.15) is 0 Å². The topological polar surface area (TPSA) is 66.4 Å². The summed E-state index contributed by atoms with van der Waals surface area (Å²) in [6.45, 7) is 1.80. The first kappa shape index (κ1) is 15.3. The summed E-state index contributed by atoms with van der Waals surface area (Å²) in [5.74, 6) is -1.76. The number of amides is 1. The van der Waals surface area contributed by atoms with E-state index in [0.717, 1.165) is 0 Å². The Morgan fingerprint density at radius 1 is 1.21 bits per heavy atom. The quantitative estimate of drug-likeness (QED) is 0.657. The molecule has 0 aliphatic carbocycles. The van der Waals surface area contributed by atoms with E-state index in [0.29, 0.717) is 0 Å². The molecule has 4 nitrogen and oxygen atoms in total. The number of benzene rings is 1. The van der Waals surface area contributed by atoms with Crippen LogP contribution in [0.25, 0.3) is 0 Å². The largest absolute Gasteiger partial charge is 0.478 e. The van der Waals surface area contributed by atoms with Gasteiger partial charge in [-0.05, 0) is 19.1 Å². The summed E-state index contributed by atoms with van der Waals surface area (Å²) in [5, 5.41) is 11.6. The van der Waals surface area contributed by atoms with E-state index in [9.17, 15) is 9.59 Å². The Labute approximate surface area is 120 Å². The van der Waals surface area contributed by atoms with E-state index < -0.39 is 11.9 Å². The molecule has 0 atom stereocenters. The molecule has 0 fully saturated rings. The minimum Gasteiger partial charge on any atom is -0.478 e. The lowest BCUT2D eigenvalue weighted by atomic mass is 10.1. The van der Waals surface area contributed by atoms with Crippen LogP contribution in [-0.4, -0.2) is 17.0 Å². The average molecular weight is 300 g/mol. The van der Waals surface area contributed by atoms with Crippen molar-refractivity contribution >= 4 is 40.8 Å². The Kier molecular flexibility index (Phi) is 5.60. The second-order valence-corrected chi connectivity index (χ2v) is 4.27. The minimum absolute atomic E-state index is 0.00429. The zero-order valence-electron chi connectivity index (χ0n) is 9.98. The summed E-state index contributed by atoms with van der Waals surface area (Å²) in [6.07, 6.45) is 6.19. The number of anilines is 1. The molecule has 0 radical (unpaired) electrons. The van der Waals surface area contributed by atoms with Crippen molar-refractivity contribution in [2.75, 3.05) is 5.32 Å². The molecule has 0 aliphatic heterocycles. The van der Waals surface area contributed by atoms with Crippen LogP contribution in [0.2, 0.25) is 10.0 Å². The number of carboxylic acids is 1. The van der Waals surface area contributed by atoms with Crippen molar-refractivity contribution in [1.82, 2.24) is 0 Å². The Bertz CT molecular complexity index is 565. The highest BCUT2D eigenvalue weighted by molar-refractivity contribution is 6.38. The summed E-state index contributed by atoms with van der Waals surface area (Å²) in [4.78, 5) is 22.7. The number of halogens is 2. The summed E-state index contributed by atoms with van der Waals surface area (Å²) in [5.41, 5.74) is -0.251. The number of carboxylic acid groups (broad SMARTS) is 1. The van der Waals surface area contributed by atoms with Gasteiger partial charge in [0.2, 0.25) is 5.91 Å². The summed E-state index contributed by atoms with van der Waals surface area (Å²) >= 11 is 11.7. The Balaban J connectivity index is 3.10. The maximum atomic E-state index is 11.6. The van der Waals surface area contributed by atoms with Gasteiger partial charge in [-0.1, -0.05) is 41.4 Å². The first-order valence-electron chi connectivity index (χ1n) is 5.29. The van der Waals surface area contributed by atoms with Crippen molar-refractivity contribution in [3.05, 3.63) is 52.0 Å². The lowest BCUT2D eigenvalue weighted by Gasteiger charge is -2.10. The monoisotopic (exact) mass is 299 g/mol. The SMILES string of the molecule is CC=CC=CC(=O)Nc1c(Cl)ccc(Cl)c1C(=O)O. The highest BCUT2D eigenvalue weighted by Crippen LogP contribution is 2.31. The summed E-state index contributed by atoms with van der Waals surface area (Å²) in [7, 11) is 0. The van der Waals surface area contributed by atoms with E-state index in [4.69, 9.17) is 28.3 Å². The van der Waals surface area contributed by atoms with Gasteiger partial charge in [0, 0.05) is 6.08 Å². The van der Waals surface area contributed by atoms with Gasteiger partial charge in [0.25, 0.3) is 0 Å². The third kappa shape index (κ3) is 4.12. The molecule has 0 saturated carbocycles. The van der Waals surface area contributed by atoms with Crippen LogP contribution < -0.4 is 5.32 Å². The van der Waals surface area contributed by atoms with E-state index in [1.165, 1.54) is 24.3 Å². The van der Waals surface area contributed by atoms with Crippen molar-refractivity contribution in [2.24, 2.45) is 0 Å².